The minimum atomic E-state index is 0.418. The maximum absolute atomic E-state index is 8.02. The van der Waals surface area contributed by atoms with Crippen LogP contribution in [0, 0.1) is 0 Å². The fourth-order valence-electron chi connectivity index (χ4n) is 0.890. The molecule has 0 atom stereocenters. The fourth-order valence-corrected chi connectivity index (χ4v) is 1.09. The van der Waals surface area contributed by atoms with E-state index in [1.165, 1.54) is 0 Å². The molecule has 0 aliphatic rings. The molecule has 1 aromatic carbocycles. The summed E-state index contributed by atoms with van der Waals surface area (Å²) < 4.78 is 0. The Morgan fingerprint density at radius 1 is 1.46 bits per heavy atom. The minimum Gasteiger partial charge on any atom is -0.384 e. The highest BCUT2D eigenvalue weighted by molar-refractivity contribution is 6.33. The highest BCUT2D eigenvalue weighted by Gasteiger charge is 1.95. The highest BCUT2D eigenvalue weighted by Crippen LogP contribution is 2.19. The second-order valence-electron chi connectivity index (χ2n) is 2.36. The molecule has 0 spiro atoms. The summed E-state index contributed by atoms with van der Waals surface area (Å²) in [5.74, 6) is 0. The summed E-state index contributed by atoms with van der Waals surface area (Å²) in [6, 6.07) is 7.43. The van der Waals surface area contributed by atoms with Gasteiger partial charge in [-0.3, -0.25) is 0 Å². The van der Waals surface area contributed by atoms with Crippen molar-refractivity contribution < 1.29 is 0 Å². The quantitative estimate of drug-likeness (QED) is 0.342. The molecule has 0 heterocycles. The van der Waals surface area contributed by atoms with Gasteiger partial charge in [0.1, 0.15) is 0 Å². The number of rotatable bonds is 4. The van der Waals surface area contributed by atoms with Gasteiger partial charge in [0.2, 0.25) is 0 Å². The maximum Gasteiger partial charge on any atom is 0.0637 e. The number of azide groups is 1. The highest BCUT2D eigenvalue weighted by atomic mass is 35.5. The van der Waals surface area contributed by atoms with E-state index < -0.39 is 0 Å². The first-order chi connectivity index (χ1) is 6.34. The summed E-state index contributed by atoms with van der Waals surface area (Å²) >= 11 is 5.87. The van der Waals surface area contributed by atoms with Crippen molar-refractivity contribution >= 4 is 17.3 Å². The molecule has 0 saturated heterocycles. The molecule has 0 saturated carbocycles. The van der Waals surface area contributed by atoms with Crippen molar-refractivity contribution in [2.75, 3.05) is 18.4 Å². The van der Waals surface area contributed by atoms with Crippen LogP contribution in [0.2, 0.25) is 5.02 Å². The van der Waals surface area contributed by atoms with Gasteiger partial charge in [0.15, 0.2) is 0 Å². The molecule has 1 aromatic rings. The van der Waals surface area contributed by atoms with Crippen LogP contribution < -0.4 is 5.32 Å². The SMILES string of the molecule is [N-]=[N+]=NCCNc1ccccc1Cl. The zero-order chi connectivity index (χ0) is 9.52. The molecule has 0 unspecified atom stereocenters. The third-order valence-electron chi connectivity index (χ3n) is 1.46. The minimum absolute atomic E-state index is 0.418. The molecule has 0 bridgehead atoms. The topological polar surface area (TPSA) is 60.8 Å². The van der Waals surface area contributed by atoms with Gasteiger partial charge in [-0.25, -0.2) is 0 Å². The van der Waals surface area contributed by atoms with E-state index >= 15 is 0 Å². The lowest BCUT2D eigenvalue weighted by Gasteiger charge is -2.05. The van der Waals surface area contributed by atoms with Crippen LogP contribution >= 0.6 is 11.6 Å². The molecule has 13 heavy (non-hydrogen) atoms. The van der Waals surface area contributed by atoms with E-state index in [0.29, 0.717) is 18.1 Å². The van der Waals surface area contributed by atoms with Gasteiger partial charge >= 0.3 is 0 Å². The third kappa shape index (κ3) is 3.23. The van der Waals surface area contributed by atoms with Crippen molar-refractivity contribution in [2.24, 2.45) is 5.11 Å². The summed E-state index contributed by atoms with van der Waals surface area (Å²) in [6.45, 7) is 1.01. The van der Waals surface area contributed by atoms with Crippen LogP contribution in [0.3, 0.4) is 0 Å². The van der Waals surface area contributed by atoms with Gasteiger partial charge < -0.3 is 5.32 Å². The Labute approximate surface area is 81.1 Å². The molecule has 5 heteroatoms. The van der Waals surface area contributed by atoms with Gasteiger partial charge in [0.05, 0.1) is 10.7 Å². The third-order valence-corrected chi connectivity index (χ3v) is 1.79. The van der Waals surface area contributed by atoms with Gasteiger partial charge in [-0.05, 0) is 17.7 Å². The summed E-state index contributed by atoms with van der Waals surface area (Å²) in [6.07, 6.45) is 0. The van der Waals surface area contributed by atoms with Crippen molar-refractivity contribution in [1.29, 1.82) is 0 Å². The first-order valence-electron chi connectivity index (χ1n) is 3.84. The lowest BCUT2D eigenvalue weighted by molar-refractivity contribution is 1.01. The molecule has 0 aliphatic carbocycles. The molecule has 0 aliphatic heterocycles. The van der Waals surface area contributed by atoms with Crippen molar-refractivity contribution in [2.45, 2.75) is 0 Å². The van der Waals surface area contributed by atoms with Gasteiger partial charge in [-0.2, -0.15) is 0 Å². The fraction of sp³-hybridized carbons (Fsp3) is 0.250. The molecule has 1 rings (SSSR count). The predicted molar refractivity (Wildman–Crippen MR) is 54.0 cm³/mol. The van der Waals surface area contributed by atoms with E-state index in [-0.39, 0.29) is 0 Å². The Morgan fingerprint density at radius 3 is 2.92 bits per heavy atom. The van der Waals surface area contributed by atoms with E-state index in [9.17, 15) is 0 Å². The van der Waals surface area contributed by atoms with Crippen LogP contribution in [-0.4, -0.2) is 13.1 Å². The van der Waals surface area contributed by atoms with Gasteiger partial charge in [0.25, 0.3) is 0 Å². The Morgan fingerprint density at radius 2 is 2.23 bits per heavy atom. The van der Waals surface area contributed by atoms with Crippen molar-refractivity contribution in [1.82, 2.24) is 0 Å². The Balaban J connectivity index is 2.45. The van der Waals surface area contributed by atoms with Crippen LogP contribution in [0.5, 0.6) is 0 Å². The number of para-hydroxylation sites is 1. The van der Waals surface area contributed by atoms with Crippen LogP contribution in [0.1, 0.15) is 0 Å². The average Bonchev–Trinajstić information content (AvgIpc) is 2.15. The molecule has 0 fully saturated rings. The van der Waals surface area contributed by atoms with Gasteiger partial charge in [-0.15, -0.1) is 0 Å². The number of nitrogens with zero attached hydrogens (tertiary/aromatic N) is 3. The predicted octanol–water partition coefficient (Wildman–Crippen LogP) is 3.06. The van der Waals surface area contributed by atoms with E-state index in [0.717, 1.165) is 5.69 Å². The smallest absolute Gasteiger partial charge is 0.0637 e. The van der Waals surface area contributed by atoms with Gasteiger partial charge in [-0.1, -0.05) is 28.8 Å². The molecule has 4 nitrogen and oxygen atoms in total. The number of hydrogen-bond acceptors (Lipinski definition) is 2. The monoisotopic (exact) mass is 196 g/mol. The van der Waals surface area contributed by atoms with E-state index in [1.54, 1.807) is 6.07 Å². The molecule has 0 radical (unpaired) electrons. The summed E-state index contributed by atoms with van der Waals surface area (Å²) in [7, 11) is 0. The number of anilines is 1. The second-order valence-corrected chi connectivity index (χ2v) is 2.77. The maximum atomic E-state index is 8.02. The van der Waals surface area contributed by atoms with Crippen LogP contribution in [-0.2, 0) is 0 Å². The molecule has 0 aromatic heterocycles. The second kappa shape index (κ2) is 5.30. The van der Waals surface area contributed by atoms with Crippen molar-refractivity contribution in [3.05, 3.63) is 39.7 Å². The van der Waals surface area contributed by atoms with Crippen molar-refractivity contribution in [3.8, 4) is 0 Å². The normalized spacial score (nSPS) is 9.00. The van der Waals surface area contributed by atoms with Crippen molar-refractivity contribution in [3.63, 3.8) is 0 Å². The lowest BCUT2D eigenvalue weighted by atomic mass is 10.3. The first kappa shape index (κ1) is 9.71. The number of halogens is 1. The van der Waals surface area contributed by atoms with E-state index in [1.807, 2.05) is 18.2 Å². The zero-order valence-corrected chi connectivity index (χ0v) is 7.70. The van der Waals surface area contributed by atoms with Crippen LogP contribution in [0.25, 0.3) is 10.4 Å². The molecule has 68 valence electrons. The number of nitrogens with one attached hydrogen (secondary N) is 1. The zero-order valence-electron chi connectivity index (χ0n) is 6.94. The Hall–Kier alpha value is -1.38. The van der Waals surface area contributed by atoms with E-state index in [2.05, 4.69) is 15.3 Å². The summed E-state index contributed by atoms with van der Waals surface area (Å²) in [5, 5.41) is 7.11. The largest absolute Gasteiger partial charge is 0.384 e. The average molecular weight is 197 g/mol. The van der Waals surface area contributed by atoms with Crippen LogP contribution in [0.4, 0.5) is 5.69 Å². The molecular formula is C8H9ClN4. The molecule has 0 amide bonds. The standard InChI is InChI=1S/C8H9ClN4/c9-7-3-1-2-4-8(7)11-5-6-12-13-10/h1-4,11H,5-6H2. The van der Waals surface area contributed by atoms with Gasteiger partial charge in [0, 0.05) is 18.0 Å². The Kier molecular flexibility index (Phi) is 3.96. The number of hydrogen-bond donors (Lipinski definition) is 1. The van der Waals surface area contributed by atoms with Crippen LogP contribution in [0.15, 0.2) is 29.4 Å². The molecule has 1 N–H and O–H groups in total. The molecular weight excluding hydrogens is 188 g/mol. The van der Waals surface area contributed by atoms with E-state index in [4.69, 9.17) is 17.1 Å². The first-order valence-corrected chi connectivity index (χ1v) is 4.21. The summed E-state index contributed by atoms with van der Waals surface area (Å²) in [5.41, 5.74) is 8.88. The Bertz CT molecular complexity index is 320. The summed E-state index contributed by atoms with van der Waals surface area (Å²) in [4.78, 5) is 2.64. The lowest BCUT2D eigenvalue weighted by Crippen LogP contribution is -2.04. The number of benzene rings is 1.